The zero-order chi connectivity index (χ0) is 15.5. The van der Waals surface area contributed by atoms with Crippen molar-refractivity contribution in [2.45, 2.75) is 20.3 Å². The van der Waals surface area contributed by atoms with E-state index in [-0.39, 0.29) is 5.82 Å². The van der Waals surface area contributed by atoms with Crippen LogP contribution >= 0.6 is 0 Å². The Morgan fingerprint density at radius 2 is 1.23 bits per heavy atom. The zero-order valence-electron chi connectivity index (χ0n) is 12.9. The van der Waals surface area contributed by atoms with Gasteiger partial charge in [-0.05, 0) is 48.6 Å². The van der Waals surface area contributed by atoms with E-state index in [9.17, 15) is 4.39 Å². The van der Waals surface area contributed by atoms with Crippen molar-refractivity contribution >= 4 is 0 Å². The lowest BCUT2D eigenvalue weighted by molar-refractivity contribution is 0.630. The molecule has 0 saturated carbocycles. The van der Waals surface area contributed by atoms with Crippen LogP contribution in [-0.2, 0) is 6.42 Å². The maximum atomic E-state index is 14.0. The van der Waals surface area contributed by atoms with Gasteiger partial charge >= 0.3 is 0 Å². The van der Waals surface area contributed by atoms with Crippen molar-refractivity contribution in [2.75, 3.05) is 0 Å². The molecule has 0 unspecified atom stereocenters. The quantitative estimate of drug-likeness (QED) is 0.580. The van der Waals surface area contributed by atoms with E-state index in [0.717, 1.165) is 17.5 Å². The number of hydrogen-bond donors (Lipinski definition) is 0. The van der Waals surface area contributed by atoms with Crippen LogP contribution in [0.3, 0.4) is 0 Å². The molecule has 0 amide bonds. The Morgan fingerprint density at radius 1 is 0.682 bits per heavy atom. The van der Waals surface area contributed by atoms with E-state index in [4.69, 9.17) is 0 Å². The van der Waals surface area contributed by atoms with Gasteiger partial charge in [-0.3, -0.25) is 0 Å². The third-order valence-corrected chi connectivity index (χ3v) is 3.92. The smallest absolute Gasteiger partial charge is 0.131 e. The highest BCUT2D eigenvalue weighted by atomic mass is 19.1. The normalized spacial score (nSPS) is 10.7. The van der Waals surface area contributed by atoms with Gasteiger partial charge in [-0.1, -0.05) is 66.2 Å². The van der Waals surface area contributed by atoms with Gasteiger partial charge in [-0.2, -0.15) is 0 Å². The second-order valence-electron chi connectivity index (χ2n) is 5.84. The lowest BCUT2D eigenvalue weighted by Crippen LogP contribution is -1.90. The molecule has 1 heteroatoms. The summed E-state index contributed by atoms with van der Waals surface area (Å²) in [6.07, 6.45) is 0.900. The Balaban J connectivity index is 1.81. The Kier molecular flexibility index (Phi) is 4.06. The molecule has 0 aliphatic rings. The van der Waals surface area contributed by atoms with Crippen LogP contribution in [0.15, 0.2) is 66.7 Å². The van der Waals surface area contributed by atoms with Gasteiger partial charge in [-0.25, -0.2) is 4.39 Å². The van der Waals surface area contributed by atoms with Gasteiger partial charge in [-0.15, -0.1) is 0 Å². The van der Waals surface area contributed by atoms with E-state index in [1.54, 1.807) is 6.07 Å². The van der Waals surface area contributed by atoms with E-state index < -0.39 is 0 Å². The molecule has 110 valence electrons. The molecule has 0 aromatic heterocycles. The summed E-state index contributed by atoms with van der Waals surface area (Å²) in [5.41, 5.74) is 6.32. The summed E-state index contributed by atoms with van der Waals surface area (Å²) in [7, 11) is 0. The van der Waals surface area contributed by atoms with Gasteiger partial charge in [0.2, 0.25) is 0 Å². The molecule has 0 atom stereocenters. The van der Waals surface area contributed by atoms with Crippen molar-refractivity contribution < 1.29 is 4.39 Å². The fraction of sp³-hybridized carbons (Fsp3) is 0.143. The van der Waals surface area contributed by atoms with E-state index in [0.29, 0.717) is 5.56 Å². The van der Waals surface area contributed by atoms with Crippen molar-refractivity contribution in [1.29, 1.82) is 0 Å². The molecule has 3 rings (SSSR count). The van der Waals surface area contributed by atoms with Gasteiger partial charge in [0.1, 0.15) is 5.82 Å². The summed E-state index contributed by atoms with van der Waals surface area (Å²) in [5, 5.41) is 0. The summed E-state index contributed by atoms with van der Waals surface area (Å²) >= 11 is 0. The average molecular weight is 290 g/mol. The third-order valence-electron chi connectivity index (χ3n) is 3.92. The van der Waals surface area contributed by atoms with Crippen molar-refractivity contribution in [3.05, 3.63) is 94.8 Å². The predicted octanol–water partition coefficient (Wildman–Crippen LogP) is 5.70. The van der Waals surface area contributed by atoms with Gasteiger partial charge in [0.25, 0.3) is 0 Å². The van der Waals surface area contributed by atoms with Gasteiger partial charge in [0.15, 0.2) is 0 Å². The Hall–Kier alpha value is -2.41. The molecule has 3 aromatic carbocycles. The molecule has 0 spiro atoms. The van der Waals surface area contributed by atoms with E-state index in [1.807, 2.05) is 31.2 Å². The topological polar surface area (TPSA) is 0 Å². The number of aryl methyl sites for hydroxylation is 2. The molecule has 3 aromatic rings. The van der Waals surface area contributed by atoms with Crippen LogP contribution in [0.2, 0.25) is 0 Å². The minimum absolute atomic E-state index is 0.161. The summed E-state index contributed by atoms with van der Waals surface area (Å²) < 4.78 is 14.0. The first kappa shape index (κ1) is 14.5. The van der Waals surface area contributed by atoms with Gasteiger partial charge in [0.05, 0.1) is 0 Å². The molecule has 22 heavy (non-hydrogen) atoms. The fourth-order valence-corrected chi connectivity index (χ4v) is 2.60. The summed E-state index contributed by atoms with van der Waals surface area (Å²) in [5.74, 6) is -0.161. The Labute approximate surface area is 131 Å². The highest BCUT2D eigenvalue weighted by Gasteiger charge is 2.05. The van der Waals surface area contributed by atoms with Crippen molar-refractivity contribution in [2.24, 2.45) is 0 Å². The lowest BCUT2D eigenvalue weighted by atomic mass is 9.99. The van der Waals surface area contributed by atoms with Crippen LogP contribution in [0.5, 0.6) is 0 Å². The van der Waals surface area contributed by atoms with Crippen LogP contribution in [0, 0.1) is 19.7 Å². The van der Waals surface area contributed by atoms with E-state index >= 15 is 0 Å². The van der Waals surface area contributed by atoms with Crippen LogP contribution in [0.4, 0.5) is 4.39 Å². The molecule has 0 fully saturated rings. The average Bonchev–Trinajstić information content (AvgIpc) is 2.51. The van der Waals surface area contributed by atoms with Crippen LogP contribution < -0.4 is 0 Å². The van der Waals surface area contributed by atoms with E-state index in [2.05, 4.69) is 43.3 Å². The first-order valence-electron chi connectivity index (χ1n) is 7.53. The van der Waals surface area contributed by atoms with Crippen LogP contribution in [0.1, 0.15) is 22.3 Å². The monoisotopic (exact) mass is 290 g/mol. The molecule has 0 aliphatic carbocycles. The van der Waals surface area contributed by atoms with Crippen LogP contribution in [0.25, 0.3) is 11.1 Å². The molecular formula is C21H19F. The number of rotatable bonds is 3. The Bertz CT molecular complexity index is 768. The first-order valence-corrected chi connectivity index (χ1v) is 7.53. The molecule has 0 nitrogen and oxygen atoms in total. The van der Waals surface area contributed by atoms with Gasteiger partial charge in [0, 0.05) is 5.56 Å². The second-order valence-corrected chi connectivity index (χ2v) is 5.84. The number of benzene rings is 3. The van der Waals surface area contributed by atoms with Crippen LogP contribution in [-0.4, -0.2) is 0 Å². The Morgan fingerprint density at radius 3 is 1.82 bits per heavy atom. The van der Waals surface area contributed by atoms with E-state index in [1.165, 1.54) is 16.7 Å². The molecule has 0 bridgehead atoms. The molecule has 0 heterocycles. The highest BCUT2D eigenvalue weighted by molar-refractivity contribution is 5.64. The van der Waals surface area contributed by atoms with Crippen molar-refractivity contribution in [3.63, 3.8) is 0 Å². The van der Waals surface area contributed by atoms with Gasteiger partial charge < -0.3 is 0 Å². The standard InChI is InChI=1S/C21H19F/c1-15-3-6-17(7-4-15)14-18-8-10-19(11-9-18)20-12-5-16(2)13-21(20)22/h3-13H,14H2,1-2H3. The van der Waals surface area contributed by atoms with Crippen molar-refractivity contribution in [3.8, 4) is 11.1 Å². The lowest BCUT2D eigenvalue weighted by Gasteiger charge is -2.07. The number of hydrogen-bond acceptors (Lipinski definition) is 0. The second kappa shape index (κ2) is 6.15. The molecule has 0 saturated heterocycles. The molecule has 0 N–H and O–H groups in total. The molecule has 0 aliphatic heterocycles. The zero-order valence-corrected chi connectivity index (χ0v) is 12.9. The number of halogens is 1. The maximum absolute atomic E-state index is 14.0. The summed E-state index contributed by atoms with van der Waals surface area (Å²) in [4.78, 5) is 0. The minimum atomic E-state index is -0.161. The minimum Gasteiger partial charge on any atom is -0.206 e. The summed E-state index contributed by atoms with van der Waals surface area (Å²) in [6.45, 7) is 3.99. The summed E-state index contributed by atoms with van der Waals surface area (Å²) in [6, 6.07) is 22.1. The van der Waals surface area contributed by atoms with Crippen molar-refractivity contribution in [1.82, 2.24) is 0 Å². The molecule has 0 radical (unpaired) electrons. The highest BCUT2D eigenvalue weighted by Crippen LogP contribution is 2.24. The third kappa shape index (κ3) is 3.25. The first-order chi connectivity index (χ1) is 10.6. The maximum Gasteiger partial charge on any atom is 0.131 e. The molecular weight excluding hydrogens is 271 g/mol. The largest absolute Gasteiger partial charge is 0.206 e. The predicted molar refractivity (Wildman–Crippen MR) is 90.6 cm³/mol. The SMILES string of the molecule is Cc1ccc(Cc2ccc(-c3ccc(C)cc3F)cc2)cc1. The fourth-order valence-electron chi connectivity index (χ4n) is 2.60.